The Morgan fingerprint density at radius 2 is 1.69 bits per heavy atom. The molecular formula is C24H28N6O2. The second-order valence-electron chi connectivity index (χ2n) is 8.44. The first kappa shape index (κ1) is 20.7. The zero-order valence-corrected chi connectivity index (χ0v) is 18.2. The number of phenols is 1. The quantitative estimate of drug-likeness (QED) is 0.648. The van der Waals surface area contributed by atoms with E-state index in [-0.39, 0.29) is 18.4 Å². The number of aliphatic hydroxyl groups excluding tert-OH is 1. The van der Waals surface area contributed by atoms with Crippen LogP contribution < -0.4 is 9.80 Å². The van der Waals surface area contributed by atoms with Gasteiger partial charge in [-0.25, -0.2) is 0 Å². The molecule has 0 bridgehead atoms. The number of aliphatic hydroxyl groups is 1. The average Bonchev–Trinajstić information content (AvgIpc) is 2.83. The molecule has 0 saturated carbocycles. The summed E-state index contributed by atoms with van der Waals surface area (Å²) in [6.45, 7) is 4.26. The van der Waals surface area contributed by atoms with E-state index in [1.165, 1.54) is 5.56 Å². The fourth-order valence-electron chi connectivity index (χ4n) is 4.49. The zero-order valence-electron chi connectivity index (χ0n) is 18.2. The van der Waals surface area contributed by atoms with Gasteiger partial charge in [0.1, 0.15) is 5.75 Å². The van der Waals surface area contributed by atoms with Crippen LogP contribution in [0.4, 0.5) is 11.9 Å². The highest BCUT2D eigenvalue weighted by molar-refractivity contribution is 5.61. The van der Waals surface area contributed by atoms with Gasteiger partial charge in [0.25, 0.3) is 0 Å². The van der Waals surface area contributed by atoms with Crippen LogP contribution in [-0.4, -0.2) is 76.4 Å². The van der Waals surface area contributed by atoms with Crippen molar-refractivity contribution in [2.75, 3.05) is 56.2 Å². The Morgan fingerprint density at radius 1 is 0.906 bits per heavy atom. The molecule has 1 saturated heterocycles. The molecule has 3 aromatic rings. The number of aromatic hydroxyl groups is 1. The molecule has 5 rings (SSSR count). The minimum atomic E-state index is -0.209. The van der Waals surface area contributed by atoms with Gasteiger partial charge in [-0.2, -0.15) is 15.0 Å². The minimum Gasteiger partial charge on any atom is -0.508 e. The van der Waals surface area contributed by atoms with Crippen LogP contribution >= 0.6 is 0 Å². The van der Waals surface area contributed by atoms with E-state index in [1.807, 2.05) is 18.2 Å². The molecule has 1 fully saturated rings. The van der Waals surface area contributed by atoms with Crippen LogP contribution in [0.3, 0.4) is 0 Å². The lowest BCUT2D eigenvalue weighted by Gasteiger charge is -2.37. The van der Waals surface area contributed by atoms with E-state index in [1.54, 1.807) is 18.2 Å². The summed E-state index contributed by atoms with van der Waals surface area (Å²) in [5.74, 6) is 1.89. The number of nitrogens with zero attached hydrogens (tertiary/aromatic N) is 6. The van der Waals surface area contributed by atoms with Crippen LogP contribution in [0.25, 0.3) is 11.4 Å². The van der Waals surface area contributed by atoms with E-state index in [9.17, 15) is 10.2 Å². The number of benzene rings is 2. The van der Waals surface area contributed by atoms with Gasteiger partial charge in [-0.05, 0) is 36.7 Å². The number of aromatic nitrogens is 3. The number of anilines is 2. The van der Waals surface area contributed by atoms with Gasteiger partial charge < -0.3 is 24.9 Å². The molecule has 1 aromatic heterocycles. The van der Waals surface area contributed by atoms with Gasteiger partial charge in [-0.15, -0.1) is 0 Å². The van der Waals surface area contributed by atoms with Crippen LogP contribution in [0, 0.1) is 0 Å². The Labute approximate surface area is 187 Å². The number of rotatable bonds is 4. The summed E-state index contributed by atoms with van der Waals surface area (Å²) >= 11 is 0. The molecule has 32 heavy (non-hydrogen) atoms. The van der Waals surface area contributed by atoms with Crippen molar-refractivity contribution in [3.63, 3.8) is 0 Å². The molecule has 0 radical (unpaired) electrons. The third-order valence-corrected chi connectivity index (χ3v) is 6.34. The lowest BCUT2D eigenvalue weighted by molar-refractivity contribution is 0.256. The second-order valence-corrected chi connectivity index (χ2v) is 8.44. The van der Waals surface area contributed by atoms with Crippen molar-refractivity contribution >= 4 is 11.9 Å². The molecule has 166 valence electrons. The van der Waals surface area contributed by atoms with E-state index >= 15 is 0 Å². The average molecular weight is 433 g/mol. The van der Waals surface area contributed by atoms with E-state index in [2.05, 4.69) is 33.9 Å². The van der Waals surface area contributed by atoms with Crippen LogP contribution in [0.5, 0.6) is 5.75 Å². The molecule has 0 amide bonds. The SMILES string of the molecule is CN1CCN(c2nc(-c3cccc(O)c3)nc(N3CCc4ccccc4C3CO)n2)CC1. The molecule has 1 unspecified atom stereocenters. The fraction of sp³-hybridized carbons (Fsp3) is 0.375. The van der Waals surface area contributed by atoms with Crippen LogP contribution in [0.15, 0.2) is 48.5 Å². The number of piperazine rings is 1. The van der Waals surface area contributed by atoms with Gasteiger partial charge in [0, 0.05) is 38.3 Å². The van der Waals surface area contributed by atoms with Crippen LogP contribution in [0.1, 0.15) is 17.2 Å². The standard InChI is InChI=1S/C24H28N6O2/c1-28-11-13-29(14-12-28)23-25-22(18-6-4-7-19(32)15-18)26-24(27-23)30-10-9-17-5-2-3-8-20(17)21(30)16-31/h2-8,15,21,31-32H,9-14,16H2,1H3. The third kappa shape index (κ3) is 3.99. The summed E-state index contributed by atoms with van der Waals surface area (Å²) < 4.78 is 0. The highest BCUT2D eigenvalue weighted by Gasteiger charge is 2.30. The summed E-state index contributed by atoms with van der Waals surface area (Å²) in [6.07, 6.45) is 0.865. The molecule has 8 heteroatoms. The maximum Gasteiger partial charge on any atom is 0.231 e. The summed E-state index contributed by atoms with van der Waals surface area (Å²) in [5, 5.41) is 20.3. The van der Waals surface area contributed by atoms with Crippen molar-refractivity contribution in [2.45, 2.75) is 12.5 Å². The number of hydrogen-bond donors (Lipinski definition) is 2. The predicted molar refractivity (Wildman–Crippen MR) is 124 cm³/mol. The Bertz CT molecular complexity index is 1100. The zero-order chi connectivity index (χ0) is 22.1. The number of fused-ring (bicyclic) bond motifs is 1. The van der Waals surface area contributed by atoms with Crippen LogP contribution in [-0.2, 0) is 6.42 Å². The molecule has 0 aliphatic carbocycles. The van der Waals surface area contributed by atoms with Crippen molar-refractivity contribution in [1.82, 2.24) is 19.9 Å². The molecule has 2 aliphatic rings. The number of hydrogen-bond acceptors (Lipinski definition) is 8. The summed E-state index contributed by atoms with van der Waals surface area (Å²) in [6, 6.07) is 15.0. The smallest absolute Gasteiger partial charge is 0.231 e. The molecule has 2 aliphatic heterocycles. The number of phenolic OH excluding ortho intramolecular Hbond substituents is 1. The Kier molecular flexibility index (Phi) is 5.63. The fourth-order valence-corrected chi connectivity index (χ4v) is 4.49. The van der Waals surface area contributed by atoms with Gasteiger partial charge in [-0.3, -0.25) is 0 Å². The normalized spacial score (nSPS) is 19.1. The molecular weight excluding hydrogens is 404 g/mol. The van der Waals surface area contributed by atoms with Gasteiger partial charge in [0.2, 0.25) is 11.9 Å². The third-order valence-electron chi connectivity index (χ3n) is 6.34. The highest BCUT2D eigenvalue weighted by Crippen LogP contribution is 2.33. The molecule has 1 atom stereocenters. The van der Waals surface area contributed by atoms with E-state index in [4.69, 9.17) is 15.0 Å². The molecule has 2 N–H and O–H groups in total. The molecule has 3 heterocycles. The first-order valence-corrected chi connectivity index (χ1v) is 11.1. The Balaban J connectivity index is 1.58. The summed E-state index contributed by atoms with van der Waals surface area (Å²) in [4.78, 5) is 21.0. The van der Waals surface area contributed by atoms with Crippen LogP contribution in [0.2, 0.25) is 0 Å². The van der Waals surface area contributed by atoms with Gasteiger partial charge in [0.05, 0.1) is 12.6 Å². The van der Waals surface area contributed by atoms with Gasteiger partial charge in [0.15, 0.2) is 5.82 Å². The molecule has 2 aromatic carbocycles. The first-order valence-electron chi connectivity index (χ1n) is 11.1. The van der Waals surface area contributed by atoms with E-state index < -0.39 is 0 Å². The highest BCUT2D eigenvalue weighted by atomic mass is 16.3. The predicted octanol–water partition coefficient (Wildman–Crippen LogP) is 2.09. The lowest BCUT2D eigenvalue weighted by atomic mass is 9.93. The molecule has 8 nitrogen and oxygen atoms in total. The second kappa shape index (κ2) is 8.72. The number of likely N-dealkylation sites (N-methyl/N-ethyl adjacent to an activating group) is 1. The topological polar surface area (TPSA) is 88.9 Å². The molecule has 0 spiro atoms. The monoisotopic (exact) mass is 432 g/mol. The maximum atomic E-state index is 10.3. The van der Waals surface area contributed by atoms with Crippen molar-refractivity contribution in [1.29, 1.82) is 0 Å². The van der Waals surface area contributed by atoms with Gasteiger partial charge >= 0.3 is 0 Å². The largest absolute Gasteiger partial charge is 0.508 e. The van der Waals surface area contributed by atoms with Crippen molar-refractivity contribution in [3.8, 4) is 17.1 Å². The van der Waals surface area contributed by atoms with Crippen molar-refractivity contribution in [2.24, 2.45) is 0 Å². The maximum absolute atomic E-state index is 10.3. The minimum absolute atomic E-state index is 0.0198. The summed E-state index contributed by atoms with van der Waals surface area (Å²) in [5.41, 5.74) is 3.10. The van der Waals surface area contributed by atoms with Gasteiger partial charge in [-0.1, -0.05) is 36.4 Å². The van der Waals surface area contributed by atoms with E-state index in [0.717, 1.165) is 43.7 Å². The van der Waals surface area contributed by atoms with E-state index in [0.29, 0.717) is 24.3 Å². The van der Waals surface area contributed by atoms with Crippen molar-refractivity contribution in [3.05, 3.63) is 59.7 Å². The van der Waals surface area contributed by atoms with Crippen molar-refractivity contribution < 1.29 is 10.2 Å². The Hall–Kier alpha value is -3.23. The lowest BCUT2D eigenvalue weighted by Crippen LogP contribution is -2.45. The first-order chi connectivity index (χ1) is 15.6. The summed E-state index contributed by atoms with van der Waals surface area (Å²) in [7, 11) is 2.12. The Morgan fingerprint density at radius 3 is 2.47 bits per heavy atom.